The van der Waals surface area contributed by atoms with Crippen LogP contribution in [0.4, 0.5) is 4.39 Å². The summed E-state index contributed by atoms with van der Waals surface area (Å²) in [5.41, 5.74) is 1.85. The summed E-state index contributed by atoms with van der Waals surface area (Å²) in [6.45, 7) is 0.446. The molecule has 7 heteroatoms. The van der Waals surface area contributed by atoms with Gasteiger partial charge in [0.2, 0.25) is 0 Å². The minimum Gasteiger partial charge on any atom is -0.457 e. The van der Waals surface area contributed by atoms with E-state index in [-0.39, 0.29) is 19.2 Å². The number of furan rings is 1. The zero-order chi connectivity index (χ0) is 20.4. The van der Waals surface area contributed by atoms with Crippen molar-refractivity contribution in [3.05, 3.63) is 87.7 Å². The van der Waals surface area contributed by atoms with Crippen LogP contribution in [0.1, 0.15) is 18.8 Å². The van der Waals surface area contributed by atoms with Gasteiger partial charge in [-0.2, -0.15) is 0 Å². The summed E-state index contributed by atoms with van der Waals surface area (Å²) >= 11 is 12.5. The molecule has 1 aliphatic rings. The summed E-state index contributed by atoms with van der Waals surface area (Å²) in [4.78, 5) is 14.8. The number of halogens is 2. The molecule has 0 spiro atoms. The van der Waals surface area contributed by atoms with Crippen molar-refractivity contribution in [3.8, 4) is 11.3 Å². The molecule has 1 saturated heterocycles. The van der Waals surface area contributed by atoms with Crippen LogP contribution in [0.15, 0.2) is 70.0 Å². The molecule has 3 aromatic rings. The van der Waals surface area contributed by atoms with E-state index < -0.39 is 0 Å². The van der Waals surface area contributed by atoms with Crippen LogP contribution in [0.3, 0.4) is 0 Å². The molecule has 1 fully saturated rings. The van der Waals surface area contributed by atoms with Crippen molar-refractivity contribution in [1.82, 2.24) is 4.90 Å². The highest BCUT2D eigenvalue weighted by Gasteiger charge is 2.31. The van der Waals surface area contributed by atoms with E-state index in [0.29, 0.717) is 38.7 Å². The molecule has 0 N–H and O–H groups in total. The first-order valence-corrected chi connectivity index (χ1v) is 10.5. The van der Waals surface area contributed by atoms with Crippen LogP contribution < -0.4 is 0 Å². The molecule has 0 aliphatic carbocycles. The first kappa shape index (κ1) is 22.3. The van der Waals surface area contributed by atoms with Crippen molar-refractivity contribution in [2.24, 2.45) is 0 Å². The van der Waals surface area contributed by atoms with Crippen molar-refractivity contribution in [2.45, 2.75) is 13.8 Å². The van der Waals surface area contributed by atoms with E-state index in [2.05, 4.69) is 0 Å². The van der Waals surface area contributed by atoms with Gasteiger partial charge >= 0.3 is 0 Å². The number of nitrogens with zero attached hydrogens (tertiary/aromatic N) is 1. The molecule has 30 heavy (non-hydrogen) atoms. The minimum atomic E-state index is -0.279. The molecule has 1 aromatic heterocycles. The maximum atomic E-state index is 13.0. The number of benzene rings is 2. The van der Waals surface area contributed by atoms with E-state index in [1.165, 1.54) is 23.9 Å². The Kier molecular flexibility index (Phi) is 7.13. The van der Waals surface area contributed by atoms with E-state index in [0.717, 1.165) is 11.1 Å². The van der Waals surface area contributed by atoms with Gasteiger partial charge in [-0.3, -0.25) is 9.69 Å². The first-order chi connectivity index (χ1) is 14.0. The van der Waals surface area contributed by atoms with Crippen LogP contribution in [0.5, 0.6) is 0 Å². The average molecular weight is 460 g/mol. The summed E-state index contributed by atoms with van der Waals surface area (Å²) in [5.74, 6) is 0.846. The van der Waals surface area contributed by atoms with E-state index >= 15 is 0 Å². The molecule has 0 unspecified atom stereocenters. The van der Waals surface area contributed by atoms with E-state index in [9.17, 15) is 9.18 Å². The number of hydrogen-bond acceptors (Lipinski definition) is 4. The largest absolute Gasteiger partial charge is 0.457 e. The first-order valence-electron chi connectivity index (χ1n) is 8.85. The third kappa shape index (κ3) is 5.01. The maximum absolute atomic E-state index is 13.0. The minimum absolute atomic E-state index is 0. The molecule has 1 amide bonds. The van der Waals surface area contributed by atoms with Crippen LogP contribution in [0, 0.1) is 5.82 Å². The van der Waals surface area contributed by atoms with Gasteiger partial charge in [0.1, 0.15) is 21.7 Å². The second-order valence-electron chi connectivity index (χ2n) is 6.42. The fourth-order valence-corrected chi connectivity index (χ4v) is 4.33. The number of rotatable bonds is 5. The number of hydrogen-bond donors (Lipinski definition) is 0. The summed E-state index contributed by atoms with van der Waals surface area (Å²) in [6.07, 6.45) is 2.30. The molecule has 0 saturated carbocycles. The molecule has 3 nitrogen and oxygen atoms in total. The normalized spacial score (nSPS) is 15.0. The number of amides is 1. The van der Waals surface area contributed by atoms with Gasteiger partial charge < -0.3 is 4.42 Å². The molecule has 4 rings (SSSR count). The Hall–Kier alpha value is -2.41. The quantitative estimate of drug-likeness (QED) is 0.309. The Morgan fingerprint density at radius 3 is 2.47 bits per heavy atom. The van der Waals surface area contributed by atoms with Crippen molar-refractivity contribution < 1.29 is 13.6 Å². The molecule has 0 atom stereocenters. The SMILES string of the molecule is C.O=C1/C(=C/c2ccc(-c3ccc(Cl)cc3)o2)SC(=S)N1CCc1ccc(F)cc1. The molecule has 154 valence electrons. The van der Waals surface area contributed by atoms with Crippen molar-refractivity contribution in [3.63, 3.8) is 0 Å². The highest BCUT2D eigenvalue weighted by Crippen LogP contribution is 2.34. The van der Waals surface area contributed by atoms with Gasteiger partial charge in [0, 0.05) is 23.2 Å². The lowest BCUT2D eigenvalue weighted by Crippen LogP contribution is -2.30. The van der Waals surface area contributed by atoms with Gasteiger partial charge in [0.25, 0.3) is 5.91 Å². The number of carbonyl (C=O) groups excluding carboxylic acids is 1. The Bertz CT molecular complexity index is 1090. The van der Waals surface area contributed by atoms with Crippen molar-refractivity contribution in [2.75, 3.05) is 6.54 Å². The number of thiocarbonyl (C=S) groups is 1. The number of carbonyl (C=O) groups is 1. The fourth-order valence-electron chi connectivity index (χ4n) is 2.91. The number of thioether (sulfide) groups is 1. The lowest BCUT2D eigenvalue weighted by atomic mass is 10.1. The summed E-state index contributed by atoms with van der Waals surface area (Å²) in [7, 11) is 0. The smallest absolute Gasteiger partial charge is 0.266 e. The molecule has 2 aromatic carbocycles. The van der Waals surface area contributed by atoms with E-state index in [1.807, 2.05) is 24.3 Å². The second-order valence-corrected chi connectivity index (χ2v) is 8.53. The molecular formula is C23H19ClFNO2S2. The highest BCUT2D eigenvalue weighted by molar-refractivity contribution is 8.26. The van der Waals surface area contributed by atoms with Crippen LogP contribution >= 0.6 is 35.6 Å². The summed E-state index contributed by atoms with van der Waals surface area (Å²) < 4.78 is 19.4. The lowest BCUT2D eigenvalue weighted by Gasteiger charge is -2.14. The van der Waals surface area contributed by atoms with Gasteiger partial charge in [-0.1, -0.05) is 55.1 Å². The third-order valence-corrected chi connectivity index (χ3v) is 6.07. The zero-order valence-corrected chi connectivity index (χ0v) is 17.5. The Balaban J connectivity index is 0.00000256. The molecule has 1 aliphatic heterocycles. The van der Waals surface area contributed by atoms with Gasteiger partial charge in [-0.25, -0.2) is 4.39 Å². The Morgan fingerprint density at radius 1 is 1.07 bits per heavy atom. The molecular weight excluding hydrogens is 441 g/mol. The van der Waals surface area contributed by atoms with Gasteiger partial charge in [-0.05, 0) is 60.5 Å². The van der Waals surface area contributed by atoms with Crippen LogP contribution in [0.2, 0.25) is 5.02 Å². The van der Waals surface area contributed by atoms with Gasteiger partial charge in [-0.15, -0.1) is 0 Å². The monoisotopic (exact) mass is 459 g/mol. The standard InChI is InChI=1S/C22H15ClFNO2S2.CH4/c23-16-5-3-15(4-6-16)19-10-9-18(27-19)13-20-21(26)25(22(28)29-20)12-11-14-1-7-17(24)8-2-14;/h1-10,13H,11-12H2;1H4/b20-13-;. The topological polar surface area (TPSA) is 33.5 Å². The van der Waals surface area contributed by atoms with Crippen LogP contribution in [-0.4, -0.2) is 21.7 Å². The van der Waals surface area contributed by atoms with Crippen LogP contribution in [0.25, 0.3) is 17.4 Å². The highest BCUT2D eigenvalue weighted by atomic mass is 35.5. The van der Waals surface area contributed by atoms with Crippen molar-refractivity contribution >= 4 is 51.9 Å². The predicted octanol–water partition coefficient (Wildman–Crippen LogP) is 6.82. The summed E-state index contributed by atoms with van der Waals surface area (Å²) in [6, 6.07) is 17.3. The summed E-state index contributed by atoms with van der Waals surface area (Å²) in [5, 5.41) is 0.657. The third-order valence-electron chi connectivity index (χ3n) is 4.44. The van der Waals surface area contributed by atoms with Crippen LogP contribution in [-0.2, 0) is 11.2 Å². The van der Waals surface area contributed by atoms with Gasteiger partial charge in [0.05, 0.1) is 4.91 Å². The average Bonchev–Trinajstić information content (AvgIpc) is 3.27. The Morgan fingerprint density at radius 2 is 1.77 bits per heavy atom. The second kappa shape index (κ2) is 9.60. The van der Waals surface area contributed by atoms with E-state index in [4.69, 9.17) is 28.2 Å². The fraction of sp³-hybridized carbons (Fsp3) is 0.130. The predicted molar refractivity (Wildman–Crippen MR) is 126 cm³/mol. The molecule has 0 radical (unpaired) electrons. The Labute approximate surface area is 189 Å². The molecule has 2 heterocycles. The van der Waals surface area contributed by atoms with E-state index in [1.54, 1.807) is 35.2 Å². The maximum Gasteiger partial charge on any atom is 0.266 e. The molecule has 0 bridgehead atoms. The van der Waals surface area contributed by atoms with Gasteiger partial charge in [0.15, 0.2) is 0 Å². The zero-order valence-electron chi connectivity index (χ0n) is 15.1. The lowest BCUT2D eigenvalue weighted by molar-refractivity contribution is -0.122. The van der Waals surface area contributed by atoms with Crippen molar-refractivity contribution in [1.29, 1.82) is 0 Å².